The molecule has 0 saturated heterocycles. The molecule has 44 heavy (non-hydrogen) atoms. The van der Waals surface area contributed by atoms with Crippen molar-refractivity contribution in [2.45, 2.75) is 97.6 Å². The summed E-state index contributed by atoms with van der Waals surface area (Å²) in [5, 5.41) is 5.21. The minimum absolute atomic E-state index is 0.142. The van der Waals surface area contributed by atoms with E-state index in [0.717, 1.165) is 21.6 Å². The summed E-state index contributed by atoms with van der Waals surface area (Å²) in [6, 6.07) is 10.7. The standard InChI is InChI=1S/C33H46N4O7/c1-20-15-16-23(17-21(20)2)27(37(9)29(40)24(19-26(34)38)36-31(42)44-33(6,7)8)28(39)35-25(30(41)43-32(3,4)5)18-22-13-11-10-12-14-22/h10-17,24-25,27H,18-19H2,1-9H3,(H2,34,38)(H,35,39)(H,36,42). The molecule has 0 fully saturated rings. The molecule has 240 valence electrons. The van der Waals surface area contributed by atoms with E-state index in [-0.39, 0.29) is 6.42 Å². The van der Waals surface area contributed by atoms with Crippen LogP contribution in [0.5, 0.6) is 0 Å². The molecule has 0 aliphatic heterocycles. The maximum absolute atomic E-state index is 14.1. The van der Waals surface area contributed by atoms with E-state index in [1.165, 1.54) is 7.05 Å². The van der Waals surface area contributed by atoms with E-state index in [4.69, 9.17) is 15.2 Å². The van der Waals surface area contributed by atoms with Gasteiger partial charge in [0.15, 0.2) is 0 Å². The third-order valence-electron chi connectivity index (χ3n) is 6.51. The number of nitrogens with two attached hydrogens (primary N) is 1. The van der Waals surface area contributed by atoms with Gasteiger partial charge in [0, 0.05) is 13.5 Å². The van der Waals surface area contributed by atoms with Crippen molar-refractivity contribution in [3.63, 3.8) is 0 Å². The number of aryl methyl sites for hydroxylation is 2. The van der Waals surface area contributed by atoms with Crippen molar-refractivity contribution in [3.8, 4) is 0 Å². The molecular formula is C33H46N4O7. The molecule has 0 spiro atoms. The van der Waals surface area contributed by atoms with Crippen molar-refractivity contribution in [2.75, 3.05) is 7.05 Å². The third-order valence-corrected chi connectivity index (χ3v) is 6.51. The van der Waals surface area contributed by atoms with E-state index in [1.807, 2.05) is 50.2 Å². The lowest BCUT2D eigenvalue weighted by atomic mass is 9.97. The zero-order chi connectivity index (χ0) is 33.4. The molecule has 4 N–H and O–H groups in total. The lowest BCUT2D eigenvalue weighted by Gasteiger charge is -2.33. The van der Waals surface area contributed by atoms with Crippen molar-refractivity contribution in [3.05, 3.63) is 70.8 Å². The van der Waals surface area contributed by atoms with Crippen molar-refractivity contribution in [1.29, 1.82) is 0 Å². The summed E-state index contributed by atoms with van der Waals surface area (Å²) in [7, 11) is 1.38. The second-order valence-electron chi connectivity index (χ2n) is 12.8. The highest BCUT2D eigenvalue weighted by Gasteiger charge is 2.37. The number of nitrogens with zero attached hydrogens (tertiary/aromatic N) is 1. The van der Waals surface area contributed by atoms with Crippen molar-refractivity contribution in [1.82, 2.24) is 15.5 Å². The predicted octanol–water partition coefficient (Wildman–Crippen LogP) is 3.64. The monoisotopic (exact) mass is 610 g/mol. The Labute approximate surface area is 259 Å². The Morgan fingerprint density at radius 3 is 1.93 bits per heavy atom. The number of rotatable bonds is 11. The molecule has 11 heteroatoms. The van der Waals surface area contributed by atoms with Crippen LogP contribution >= 0.6 is 0 Å². The number of likely N-dealkylation sites (N-methyl/N-ethyl adjacent to an activating group) is 1. The maximum Gasteiger partial charge on any atom is 0.408 e. The summed E-state index contributed by atoms with van der Waals surface area (Å²) < 4.78 is 10.9. The molecule has 0 saturated carbocycles. The first-order valence-corrected chi connectivity index (χ1v) is 14.5. The van der Waals surface area contributed by atoms with E-state index >= 15 is 0 Å². The molecular weight excluding hydrogens is 564 g/mol. The fraction of sp³-hybridized carbons (Fsp3) is 0.485. The first-order valence-electron chi connectivity index (χ1n) is 14.5. The van der Waals surface area contributed by atoms with Gasteiger partial charge in [-0.2, -0.15) is 0 Å². The van der Waals surface area contributed by atoms with E-state index in [0.29, 0.717) is 5.56 Å². The van der Waals surface area contributed by atoms with Crippen LogP contribution < -0.4 is 16.4 Å². The predicted molar refractivity (Wildman–Crippen MR) is 166 cm³/mol. The van der Waals surface area contributed by atoms with Crippen LogP contribution in [0.2, 0.25) is 0 Å². The molecule has 0 heterocycles. The average molecular weight is 611 g/mol. The first-order chi connectivity index (χ1) is 20.3. The minimum atomic E-state index is -1.42. The summed E-state index contributed by atoms with van der Waals surface area (Å²) in [6.45, 7) is 13.9. The zero-order valence-corrected chi connectivity index (χ0v) is 27.1. The summed E-state index contributed by atoms with van der Waals surface area (Å²) >= 11 is 0. The topological polar surface area (TPSA) is 157 Å². The number of carbonyl (C=O) groups excluding carboxylic acids is 5. The lowest BCUT2D eigenvalue weighted by molar-refractivity contribution is -0.159. The number of carbonyl (C=O) groups is 5. The lowest BCUT2D eigenvalue weighted by Crippen LogP contribution is -2.54. The average Bonchev–Trinajstić information content (AvgIpc) is 2.87. The quantitative estimate of drug-likeness (QED) is 0.328. The molecule has 3 unspecified atom stereocenters. The summed E-state index contributed by atoms with van der Waals surface area (Å²) in [5.74, 6) is -2.90. The number of hydrogen-bond donors (Lipinski definition) is 3. The van der Waals surface area contributed by atoms with Crippen molar-refractivity contribution >= 4 is 29.8 Å². The highest BCUT2D eigenvalue weighted by atomic mass is 16.6. The van der Waals surface area contributed by atoms with Crippen LogP contribution in [-0.4, -0.2) is 65.0 Å². The Balaban J connectivity index is 2.51. The smallest absolute Gasteiger partial charge is 0.408 e. The van der Waals surface area contributed by atoms with Gasteiger partial charge in [-0.25, -0.2) is 9.59 Å². The van der Waals surface area contributed by atoms with Gasteiger partial charge in [0.05, 0.1) is 6.42 Å². The molecule has 0 aliphatic rings. The number of primary amides is 1. The van der Waals surface area contributed by atoms with Gasteiger partial charge in [-0.3, -0.25) is 14.4 Å². The van der Waals surface area contributed by atoms with Gasteiger partial charge in [-0.15, -0.1) is 0 Å². The Hall–Kier alpha value is -4.41. The fourth-order valence-corrected chi connectivity index (χ4v) is 4.38. The van der Waals surface area contributed by atoms with Crippen LogP contribution in [0, 0.1) is 13.8 Å². The minimum Gasteiger partial charge on any atom is -0.458 e. The van der Waals surface area contributed by atoms with Crippen LogP contribution in [0.15, 0.2) is 48.5 Å². The summed E-state index contributed by atoms with van der Waals surface area (Å²) in [6.07, 6.45) is -1.31. The fourth-order valence-electron chi connectivity index (χ4n) is 4.38. The van der Waals surface area contributed by atoms with Gasteiger partial charge < -0.3 is 30.7 Å². The zero-order valence-electron chi connectivity index (χ0n) is 27.1. The Bertz CT molecular complexity index is 1350. The number of nitrogens with one attached hydrogen (secondary N) is 2. The SMILES string of the molecule is Cc1ccc(C(C(=O)NC(Cc2ccccc2)C(=O)OC(C)(C)C)N(C)C(=O)C(CC(N)=O)NC(=O)OC(C)(C)C)cc1C. The van der Waals surface area contributed by atoms with Gasteiger partial charge in [-0.1, -0.05) is 48.5 Å². The van der Waals surface area contributed by atoms with Crippen LogP contribution in [0.4, 0.5) is 4.79 Å². The second-order valence-corrected chi connectivity index (χ2v) is 12.8. The maximum atomic E-state index is 14.1. The molecule has 0 aromatic heterocycles. The van der Waals surface area contributed by atoms with Gasteiger partial charge in [-0.05, 0) is 77.6 Å². The van der Waals surface area contributed by atoms with Crippen LogP contribution in [0.1, 0.15) is 76.3 Å². The van der Waals surface area contributed by atoms with E-state index in [1.54, 1.807) is 53.7 Å². The van der Waals surface area contributed by atoms with E-state index < -0.39 is 65.5 Å². The second kappa shape index (κ2) is 14.9. The van der Waals surface area contributed by atoms with Crippen LogP contribution in [0.3, 0.4) is 0 Å². The molecule has 0 aliphatic carbocycles. The highest BCUT2D eigenvalue weighted by Crippen LogP contribution is 2.25. The first kappa shape index (κ1) is 35.8. The van der Waals surface area contributed by atoms with E-state index in [2.05, 4.69) is 10.6 Å². The molecule has 4 amide bonds. The van der Waals surface area contributed by atoms with Crippen molar-refractivity contribution in [2.24, 2.45) is 5.73 Å². The number of esters is 1. The van der Waals surface area contributed by atoms with Crippen molar-refractivity contribution < 1.29 is 33.4 Å². The molecule has 11 nitrogen and oxygen atoms in total. The van der Waals surface area contributed by atoms with Crippen LogP contribution in [-0.2, 0) is 35.1 Å². The van der Waals surface area contributed by atoms with Crippen LogP contribution in [0.25, 0.3) is 0 Å². The third kappa shape index (κ3) is 11.3. The van der Waals surface area contributed by atoms with Gasteiger partial charge in [0.1, 0.15) is 29.3 Å². The molecule has 2 aromatic carbocycles. The molecule has 2 aromatic rings. The number of ether oxygens (including phenoxy) is 2. The number of hydrogen-bond acceptors (Lipinski definition) is 7. The molecule has 0 bridgehead atoms. The van der Waals surface area contributed by atoms with Gasteiger partial charge >= 0.3 is 12.1 Å². The molecule has 0 radical (unpaired) electrons. The van der Waals surface area contributed by atoms with Gasteiger partial charge in [0.2, 0.25) is 17.7 Å². The largest absolute Gasteiger partial charge is 0.458 e. The molecule has 2 rings (SSSR count). The Morgan fingerprint density at radius 1 is 0.818 bits per heavy atom. The Kier molecular flexibility index (Phi) is 12.1. The number of amides is 4. The Morgan fingerprint density at radius 2 is 1.41 bits per heavy atom. The summed E-state index contributed by atoms with van der Waals surface area (Å²) in [5.41, 5.74) is 6.81. The normalized spacial score (nSPS) is 13.6. The highest BCUT2D eigenvalue weighted by molar-refractivity contribution is 5.95. The number of benzene rings is 2. The van der Waals surface area contributed by atoms with Gasteiger partial charge in [0.25, 0.3) is 0 Å². The van der Waals surface area contributed by atoms with E-state index in [9.17, 15) is 24.0 Å². The number of alkyl carbamates (subject to hydrolysis) is 1. The summed E-state index contributed by atoms with van der Waals surface area (Å²) in [4.78, 5) is 66.8. The molecule has 3 atom stereocenters.